The molecule has 0 fully saturated rings. The highest BCUT2D eigenvalue weighted by molar-refractivity contribution is 9.10. The molecule has 1 heterocycles. The molecule has 3 nitrogen and oxygen atoms in total. The summed E-state index contributed by atoms with van der Waals surface area (Å²) in [6.07, 6.45) is 1.32. The lowest BCUT2D eigenvalue weighted by Crippen LogP contribution is -2.27. The molecule has 2 rings (SSSR count). The molecule has 0 unspecified atom stereocenters. The number of amides is 1. The molecule has 0 aliphatic carbocycles. The smallest absolute Gasteiger partial charge is 0.258 e. The minimum absolute atomic E-state index is 0.0119. The van der Waals surface area contributed by atoms with Gasteiger partial charge in [0.25, 0.3) is 5.91 Å². The average molecular weight is 323 g/mol. The highest BCUT2D eigenvalue weighted by Gasteiger charge is 2.16. The van der Waals surface area contributed by atoms with E-state index in [1.54, 1.807) is 13.1 Å². The van der Waals surface area contributed by atoms with E-state index in [0.717, 1.165) is 10.0 Å². The molecule has 0 aliphatic rings. The van der Waals surface area contributed by atoms with Gasteiger partial charge >= 0.3 is 0 Å². The normalized spacial score (nSPS) is 10.3. The third-order valence-electron chi connectivity index (χ3n) is 2.67. The van der Waals surface area contributed by atoms with Crippen molar-refractivity contribution in [3.05, 3.63) is 64.1 Å². The van der Waals surface area contributed by atoms with Crippen molar-refractivity contribution in [2.45, 2.75) is 6.54 Å². The second-order valence-electron chi connectivity index (χ2n) is 4.13. The first-order valence-electron chi connectivity index (χ1n) is 5.68. The van der Waals surface area contributed by atoms with Gasteiger partial charge in [0, 0.05) is 24.3 Å². The predicted molar refractivity (Wildman–Crippen MR) is 74.1 cm³/mol. The van der Waals surface area contributed by atoms with Gasteiger partial charge in [-0.1, -0.05) is 28.1 Å². The lowest BCUT2D eigenvalue weighted by Gasteiger charge is -2.17. The number of hydrogen-bond donors (Lipinski definition) is 0. The molecule has 19 heavy (non-hydrogen) atoms. The van der Waals surface area contributed by atoms with Gasteiger partial charge in [-0.3, -0.25) is 4.79 Å². The van der Waals surface area contributed by atoms with Gasteiger partial charge in [-0.2, -0.15) is 4.39 Å². The number of benzene rings is 1. The molecule has 0 N–H and O–H groups in total. The Labute approximate surface area is 119 Å². The summed E-state index contributed by atoms with van der Waals surface area (Å²) in [5.74, 6) is -1.12. The molecule has 98 valence electrons. The molecule has 0 radical (unpaired) electrons. The molecule has 1 aromatic carbocycles. The van der Waals surface area contributed by atoms with Crippen LogP contribution in [0.4, 0.5) is 4.39 Å². The van der Waals surface area contributed by atoms with E-state index in [2.05, 4.69) is 20.9 Å². The first-order valence-corrected chi connectivity index (χ1v) is 6.47. The fourth-order valence-electron chi connectivity index (χ4n) is 1.69. The van der Waals surface area contributed by atoms with Crippen LogP contribution in [0.5, 0.6) is 0 Å². The van der Waals surface area contributed by atoms with Gasteiger partial charge in [0.2, 0.25) is 5.95 Å². The van der Waals surface area contributed by atoms with E-state index in [0.29, 0.717) is 6.54 Å². The van der Waals surface area contributed by atoms with Crippen LogP contribution in [-0.4, -0.2) is 22.8 Å². The Morgan fingerprint density at radius 1 is 1.32 bits per heavy atom. The highest BCUT2D eigenvalue weighted by atomic mass is 79.9. The van der Waals surface area contributed by atoms with Crippen molar-refractivity contribution in [1.29, 1.82) is 0 Å². The topological polar surface area (TPSA) is 33.2 Å². The zero-order valence-electron chi connectivity index (χ0n) is 10.3. The standard InChI is InChI=1S/C14H12BrFN2O/c1-18(9-10-4-6-11(15)7-5-10)14(19)12-3-2-8-17-13(12)16/h2-8H,9H2,1H3. The van der Waals surface area contributed by atoms with Crippen LogP contribution in [-0.2, 0) is 6.54 Å². The molecule has 0 bridgehead atoms. The number of aromatic nitrogens is 1. The van der Waals surface area contributed by atoms with Gasteiger partial charge in [-0.05, 0) is 29.8 Å². The molecule has 5 heteroatoms. The maximum Gasteiger partial charge on any atom is 0.258 e. The van der Waals surface area contributed by atoms with Gasteiger partial charge in [-0.25, -0.2) is 4.98 Å². The van der Waals surface area contributed by atoms with Crippen LogP contribution in [0.3, 0.4) is 0 Å². The van der Waals surface area contributed by atoms with E-state index in [4.69, 9.17) is 0 Å². The minimum Gasteiger partial charge on any atom is -0.337 e. The third kappa shape index (κ3) is 3.38. The molecule has 1 amide bonds. The van der Waals surface area contributed by atoms with E-state index >= 15 is 0 Å². The maximum atomic E-state index is 13.4. The van der Waals surface area contributed by atoms with Gasteiger partial charge in [0.15, 0.2) is 0 Å². The van der Waals surface area contributed by atoms with Crippen LogP contribution in [0, 0.1) is 5.95 Å². The van der Waals surface area contributed by atoms with E-state index in [9.17, 15) is 9.18 Å². The quantitative estimate of drug-likeness (QED) is 0.813. The van der Waals surface area contributed by atoms with Crippen molar-refractivity contribution < 1.29 is 9.18 Å². The Hall–Kier alpha value is -1.75. The second kappa shape index (κ2) is 5.93. The van der Waals surface area contributed by atoms with Crippen LogP contribution in [0.1, 0.15) is 15.9 Å². The number of rotatable bonds is 3. The van der Waals surface area contributed by atoms with Crippen molar-refractivity contribution in [3.63, 3.8) is 0 Å². The first-order chi connectivity index (χ1) is 9.08. The molecular weight excluding hydrogens is 311 g/mol. The number of nitrogens with zero attached hydrogens (tertiary/aromatic N) is 2. The second-order valence-corrected chi connectivity index (χ2v) is 5.05. The maximum absolute atomic E-state index is 13.4. The largest absolute Gasteiger partial charge is 0.337 e. The highest BCUT2D eigenvalue weighted by Crippen LogP contribution is 2.13. The number of carbonyl (C=O) groups excluding carboxylic acids is 1. The van der Waals surface area contributed by atoms with Crippen LogP contribution >= 0.6 is 15.9 Å². The van der Waals surface area contributed by atoms with Crippen molar-refractivity contribution in [3.8, 4) is 0 Å². The Balaban J connectivity index is 2.12. The molecular formula is C14H12BrFN2O. The molecule has 0 spiro atoms. The van der Waals surface area contributed by atoms with Gasteiger partial charge in [0.1, 0.15) is 0 Å². The summed E-state index contributed by atoms with van der Waals surface area (Å²) in [7, 11) is 1.64. The number of carbonyl (C=O) groups is 1. The zero-order chi connectivity index (χ0) is 13.8. The number of halogens is 2. The lowest BCUT2D eigenvalue weighted by atomic mass is 10.2. The summed E-state index contributed by atoms with van der Waals surface area (Å²) >= 11 is 3.35. The van der Waals surface area contributed by atoms with E-state index in [-0.39, 0.29) is 11.5 Å². The Bertz CT molecular complexity index is 586. The third-order valence-corrected chi connectivity index (χ3v) is 3.20. The summed E-state index contributed by atoms with van der Waals surface area (Å²) in [6.45, 7) is 0.417. The van der Waals surface area contributed by atoms with Crippen LogP contribution in [0.15, 0.2) is 47.1 Å². The molecule has 2 aromatic rings. The summed E-state index contributed by atoms with van der Waals surface area (Å²) < 4.78 is 14.4. The molecule has 0 aliphatic heterocycles. The summed E-state index contributed by atoms with van der Waals surface area (Å²) in [5.41, 5.74) is 0.963. The number of hydrogen-bond acceptors (Lipinski definition) is 2. The Morgan fingerprint density at radius 2 is 2.00 bits per heavy atom. The van der Waals surface area contributed by atoms with Gasteiger partial charge in [-0.15, -0.1) is 0 Å². The summed E-state index contributed by atoms with van der Waals surface area (Å²) in [5, 5.41) is 0. The molecule has 1 aromatic heterocycles. The molecule has 0 saturated heterocycles. The lowest BCUT2D eigenvalue weighted by molar-refractivity contribution is 0.0779. The van der Waals surface area contributed by atoms with Crippen molar-refractivity contribution in [2.24, 2.45) is 0 Å². The van der Waals surface area contributed by atoms with Gasteiger partial charge in [0.05, 0.1) is 5.56 Å². The van der Waals surface area contributed by atoms with Crippen molar-refractivity contribution in [1.82, 2.24) is 9.88 Å². The molecule has 0 saturated carbocycles. The first kappa shape index (κ1) is 13.7. The monoisotopic (exact) mass is 322 g/mol. The molecule has 0 atom stereocenters. The van der Waals surface area contributed by atoms with E-state index in [1.807, 2.05) is 24.3 Å². The fraction of sp³-hybridized carbons (Fsp3) is 0.143. The Morgan fingerprint density at radius 3 is 2.63 bits per heavy atom. The van der Waals surface area contributed by atoms with Gasteiger partial charge < -0.3 is 4.90 Å². The van der Waals surface area contributed by atoms with Crippen LogP contribution in [0.25, 0.3) is 0 Å². The van der Waals surface area contributed by atoms with E-state index in [1.165, 1.54) is 17.2 Å². The van der Waals surface area contributed by atoms with Crippen LogP contribution < -0.4 is 0 Å². The summed E-state index contributed by atoms with van der Waals surface area (Å²) in [4.78, 5) is 17.0. The minimum atomic E-state index is -0.741. The average Bonchev–Trinajstić information content (AvgIpc) is 2.41. The Kier molecular flexibility index (Phi) is 4.27. The SMILES string of the molecule is CN(Cc1ccc(Br)cc1)C(=O)c1cccnc1F. The zero-order valence-corrected chi connectivity index (χ0v) is 11.9. The van der Waals surface area contributed by atoms with E-state index < -0.39 is 5.95 Å². The van der Waals surface area contributed by atoms with Crippen molar-refractivity contribution >= 4 is 21.8 Å². The predicted octanol–water partition coefficient (Wildman–Crippen LogP) is 3.26. The summed E-state index contributed by atoms with van der Waals surface area (Å²) in [6, 6.07) is 10.6. The van der Waals surface area contributed by atoms with Crippen LogP contribution in [0.2, 0.25) is 0 Å². The number of pyridine rings is 1. The fourth-order valence-corrected chi connectivity index (χ4v) is 1.95. The van der Waals surface area contributed by atoms with Crippen molar-refractivity contribution in [2.75, 3.05) is 7.05 Å².